The molecule has 0 saturated carbocycles. The van der Waals surface area contributed by atoms with E-state index in [0.717, 1.165) is 11.3 Å². The molecule has 0 aliphatic heterocycles. The fourth-order valence-corrected chi connectivity index (χ4v) is 3.82. The third-order valence-electron chi connectivity index (χ3n) is 5.71. The van der Waals surface area contributed by atoms with Crippen molar-refractivity contribution in [3.63, 3.8) is 0 Å². The quantitative estimate of drug-likeness (QED) is 0.165. The number of allylic oxidation sites excluding steroid dienone is 1. The standard InChI is InChI=1S/C29H28N4O5/c1-37-26-16-23(15-21(18-35)27(26)38-2)33-28-20(5-3-13-30-28)9-12-25(36)24-6-4-14-31-29(24)32-22-10-7-19(17-34)8-11-22/h3-16,34-35H,17-18H2,1-2H3,(H,30,33)(H,31,32)/b12-9+. The van der Waals surface area contributed by atoms with Crippen LogP contribution in [0.3, 0.4) is 0 Å². The van der Waals surface area contributed by atoms with Crippen LogP contribution in [0.15, 0.2) is 79.1 Å². The summed E-state index contributed by atoms with van der Waals surface area (Å²) in [6, 6.07) is 17.7. The zero-order chi connectivity index (χ0) is 26.9. The Bertz CT molecular complexity index is 1410. The number of ether oxygens (including phenoxy) is 2. The Morgan fingerprint density at radius 2 is 1.58 bits per heavy atom. The fourth-order valence-electron chi connectivity index (χ4n) is 3.82. The predicted octanol–water partition coefficient (Wildman–Crippen LogP) is 4.86. The van der Waals surface area contributed by atoms with Gasteiger partial charge in [0.05, 0.1) is 33.0 Å². The first-order valence-electron chi connectivity index (χ1n) is 11.8. The molecule has 0 fully saturated rings. The third-order valence-corrected chi connectivity index (χ3v) is 5.71. The van der Waals surface area contributed by atoms with Gasteiger partial charge in [0.2, 0.25) is 0 Å². The molecule has 0 aliphatic rings. The van der Waals surface area contributed by atoms with Crippen molar-refractivity contribution >= 4 is 34.9 Å². The highest BCUT2D eigenvalue weighted by Gasteiger charge is 2.14. The van der Waals surface area contributed by atoms with E-state index in [1.165, 1.54) is 20.3 Å². The second-order valence-electron chi connectivity index (χ2n) is 8.17. The molecule has 0 atom stereocenters. The molecular formula is C29H28N4O5. The van der Waals surface area contributed by atoms with E-state index in [-0.39, 0.29) is 19.0 Å². The van der Waals surface area contributed by atoms with Gasteiger partial charge in [-0.25, -0.2) is 9.97 Å². The predicted molar refractivity (Wildman–Crippen MR) is 146 cm³/mol. The van der Waals surface area contributed by atoms with Crippen LogP contribution < -0.4 is 20.1 Å². The summed E-state index contributed by atoms with van der Waals surface area (Å²) in [5, 5.41) is 25.4. The van der Waals surface area contributed by atoms with Crippen LogP contribution in [-0.4, -0.2) is 40.2 Å². The molecule has 0 aliphatic carbocycles. The fraction of sp³-hybridized carbons (Fsp3) is 0.138. The maximum Gasteiger partial charge on any atom is 0.189 e. The highest BCUT2D eigenvalue weighted by Crippen LogP contribution is 2.36. The van der Waals surface area contributed by atoms with Gasteiger partial charge in [-0.1, -0.05) is 12.1 Å². The van der Waals surface area contributed by atoms with Crippen molar-refractivity contribution < 1.29 is 24.5 Å². The first kappa shape index (κ1) is 26.3. The highest BCUT2D eigenvalue weighted by atomic mass is 16.5. The topological polar surface area (TPSA) is 126 Å². The van der Waals surface area contributed by atoms with Gasteiger partial charge >= 0.3 is 0 Å². The zero-order valence-electron chi connectivity index (χ0n) is 21.0. The monoisotopic (exact) mass is 512 g/mol. The maximum atomic E-state index is 13.1. The van der Waals surface area contributed by atoms with Crippen molar-refractivity contribution in [1.82, 2.24) is 9.97 Å². The Kier molecular flexibility index (Phi) is 8.65. The van der Waals surface area contributed by atoms with Crippen molar-refractivity contribution in [1.29, 1.82) is 0 Å². The largest absolute Gasteiger partial charge is 0.493 e. The summed E-state index contributed by atoms with van der Waals surface area (Å²) in [6.07, 6.45) is 6.39. The number of pyridine rings is 2. The molecule has 2 heterocycles. The number of rotatable bonds is 11. The van der Waals surface area contributed by atoms with E-state index < -0.39 is 0 Å². The van der Waals surface area contributed by atoms with Crippen LogP contribution in [0.5, 0.6) is 11.5 Å². The lowest BCUT2D eigenvalue weighted by molar-refractivity contribution is 0.104. The van der Waals surface area contributed by atoms with E-state index in [4.69, 9.17) is 9.47 Å². The van der Waals surface area contributed by atoms with Crippen molar-refractivity contribution in [3.8, 4) is 11.5 Å². The molecule has 9 heteroatoms. The average molecular weight is 513 g/mol. The molecule has 38 heavy (non-hydrogen) atoms. The van der Waals surface area contributed by atoms with E-state index in [1.54, 1.807) is 60.9 Å². The molecule has 0 saturated heterocycles. The first-order valence-corrected chi connectivity index (χ1v) is 11.8. The summed E-state index contributed by atoms with van der Waals surface area (Å²) >= 11 is 0. The second kappa shape index (κ2) is 12.5. The molecule has 4 aromatic rings. The number of carbonyl (C=O) groups excluding carboxylic acids is 1. The zero-order valence-corrected chi connectivity index (χ0v) is 21.0. The van der Waals surface area contributed by atoms with Gasteiger partial charge in [-0.2, -0.15) is 0 Å². The van der Waals surface area contributed by atoms with Gasteiger partial charge < -0.3 is 30.3 Å². The van der Waals surface area contributed by atoms with E-state index in [1.807, 2.05) is 18.2 Å². The summed E-state index contributed by atoms with van der Waals surface area (Å²) in [5.41, 5.74) is 3.81. The van der Waals surface area contributed by atoms with Crippen LogP contribution in [0.1, 0.15) is 27.0 Å². The number of hydrogen-bond acceptors (Lipinski definition) is 9. The average Bonchev–Trinajstić information content (AvgIpc) is 2.96. The van der Waals surface area contributed by atoms with Gasteiger partial charge in [-0.15, -0.1) is 0 Å². The lowest BCUT2D eigenvalue weighted by atomic mass is 10.1. The lowest BCUT2D eigenvalue weighted by Crippen LogP contribution is -2.04. The molecule has 4 rings (SSSR count). The van der Waals surface area contributed by atoms with E-state index in [0.29, 0.717) is 45.5 Å². The lowest BCUT2D eigenvalue weighted by Gasteiger charge is -2.15. The molecule has 0 bridgehead atoms. The normalized spacial score (nSPS) is 10.8. The Morgan fingerprint density at radius 3 is 2.26 bits per heavy atom. The smallest absolute Gasteiger partial charge is 0.189 e. The van der Waals surface area contributed by atoms with Crippen LogP contribution in [0.25, 0.3) is 6.08 Å². The van der Waals surface area contributed by atoms with Crippen LogP contribution in [0.2, 0.25) is 0 Å². The van der Waals surface area contributed by atoms with Crippen molar-refractivity contribution in [3.05, 3.63) is 101 Å². The summed E-state index contributed by atoms with van der Waals surface area (Å²) in [4.78, 5) is 21.9. The van der Waals surface area contributed by atoms with Gasteiger partial charge in [0.15, 0.2) is 17.3 Å². The molecule has 0 radical (unpaired) electrons. The number of aromatic nitrogens is 2. The third kappa shape index (κ3) is 6.15. The van der Waals surface area contributed by atoms with Crippen LogP contribution in [0, 0.1) is 0 Å². The first-order chi connectivity index (χ1) is 18.6. The highest BCUT2D eigenvalue weighted by molar-refractivity contribution is 6.10. The summed E-state index contributed by atoms with van der Waals surface area (Å²) < 4.78 is 10.8. The Morgan fingerprint density at radius 1 is 0.868 bits per heavy atom. The van der Waals surface area contributed by atoms with Gasteiger partial charge in [0, 0.05) is 41.0 Å². The Balaban J connectivity index is 1.56. The minimum absolute atomic E-state index is 0.0435. The molecule has 0 amide bonds. The number of nitrogens with zero attached hydrogens (tertiary/aromatic N) is 2. The molecule has 194 valence electrons. The molecule has 9 nitrogen and oxygen atoms in total. The summed E-state index contributed by atoms with van der Waals surface area (Å²) in [5.74, 6) is 1.62. The van der Waals surface area contributed by atoms with E-state index in [9.17, 15) is 15.0 Å². The maximum absolute atomic E-state index is 13.1. The molecule has 0 spiro atoms. The van der Waals surface area contributed by atoms with Crippen LogP contribution >= 0.6 is 0 Å². The molecule has 0 unspecified atom stereocenters. The minimum Gasteiger partial charge on any atom is -0.493 e. The Labute approximate surface area is 220 Å². The number of carbonyl (C=O) groups is 1. The van der Waals surface area contributed by atoms with Crippen molar-refractivity contribution in [2.75, 3.05) is 24.9 Å². The van der Waals surface area contributed by atoms with Gasteiger partial charge in [0.1, 0.15) is 11.6 Å². The second-order valence-corrected chi connectivity index (χ2v) is 8.17. The van der Waals surface area contributed by atoms with Gasteiger partial charge in [-0.3, -0.25) is 4.79 Å². The molecular weight excluding hydrogens is 484 g/mol. The van der Waals surface area contributed by atoms with Crippen LogP contribution in [-0.2, 0) is 13.2 Å². The number of methoxy groups -OCH3 is 2. The molecule has 4 N–H and O–H groups in total. The number of hydrogen-bond donors (Lipinski definition) is 4. The van der Waals surface area contributed by atoms with Gasteiger partial charge in [0.25, 0.3) is 0 Å². The minimum atomic E-state index is -0.240. The SMILES string of the molecule is COc1cc(Nc2ncccc2/C=C/C(=O)c2cccnc2Nc2ccc(CO)cc2)cc(CO)c1OC. The van der Waals surface area contributed by atoms with Crippen LogP contribution in [0.4, 0.5) is 23.0 Å². The summed E-state index contributed by atoms with van der Waals surface area (Å²) in [7, 11) is 3.04. The molecule has 2 aromatic heterocycles. The number of nitrogens with one attached hydrogen (secondary N) is 2. The van der Waals surface area contributed by atoms with E-state index in [2.05, 4.69) is 20.6 Å². The number of anilines is 4. The van der Waals surface area contributed by atoms with Crippen molar-refractivity contribution in [2.45, 2.75) is 13.2 Å². The van der Waals surface area contributed by atoms with Crippen molar-refractivity contribution in [2.24, 2.45) is 0 Å². The Hall–Kier alpha value is -4.73. The number of benzene rings is 2. The van der Waals surface area contributed by atoms with Gasteiger partial charge in [-0.05, 0) is 60.2 Å². The van der Waals surface area contributed by atoms with E-state index >= 15 is 0 Å². The number of aliphatic hydroxyl groups excluding tert-OH is 2. The number of aliphatic hydroxyl groups is 2. The summed E-state index contributed by atoms with van der Waals surface area (Å²) in [6.45, 7) is -0.274. The number of ketones is 1. The molecule has 2 aromatic carbocycles.